The zero-order valence-corrected chi connectivity index (χ0v) is 22.3. The molecule has 0 saturated carbocycles. The molecule has 36 heavy (non-hydrogen) atoms. The lowest BCUT2D eigenvalue weighted by molar-refractivity contribution is -0.142. The van der Waals surface area contributed by atoms with Gasteiger partial charge in [-0.25, -0.2) is 9.97 Å². The maximum Gasteiger partial charge on any atom is 0.311 e. The van der Waals surface area contributed by atoms with Crippen LogP contribution in [0, 0.1) is 0 Å². The molecule has 0 aromatic carbocycles. The Morgan fingerprint density at radius 3 is 2.75 bits per heavy atom. The largest absolute Gasteiger partial charge is 0.466 e. The van der Waals surface area contributed by atoms with Gasteiger partial charge in [-0.1, -0.05) is 6.07 Å². The van der Waals surface area contributed by atoms with Crippen molar-refractivity contribution in [3.8, 4) is 0 Å². The number of hydrogen-bond acceptors (Lipinski definition) is 11. The highest BCUT2D eigenvalue weighted by Crippen LogP contribution is 2.25. The van der Waals surface area contributed by atoms with Gasteiger partial charge in [0, 0.05) is 36.9 Å². The van der Waals surface area contributed by atoms with Crippen LogP contribution in [0.15, 0.2) is 28.3 Å². The van der Waals surface area contributed by atoms with E-state index in [1.165, 1.54) is 34.0 Å². The molecule has 1 saturated heterocycles. The highest BCUT2D eigenvalue weighted by atomic mass is 32.1. The molecule has 1 fully saturated rings. The summed E-state index contributed by atoms with van der Waals surface area (Å²) in [6.45, 7) is 6.63. The molecule has 3 aromatic heterocycles. The first-order valence-electron chi connectivity index (χ1n) is 11.6. The van der Waals surface area contributed by atoms with Crippen LogP contribution in [0.25, 0.3) is 0 Å². The summed E-state index contributed by atoms with van der Waals surface area (Å²) in [5, 5.41) is 8.76. The topological polar surface area (TPSA) is 114 Å². The van der Waals surface area contributed by atoms with Gasteiger partial charge >= 0.3 is 5.97 Å². The van der Waals surface area contributed by atoms with Crippen LogP contribution in [-0.4, -0.2) is 78.7 Å². The zero-order valence-electron chi connectivity index (χ0n) is 19.8. The Balaban J connectivity index is 1.40. The molecule has 0 atom stereocenters. The van der Waals surface area contributed by atoms with Crippen LogP contribution < -0.4 is 10.2 Å². The first-order chi connectivity index (χ1) is 17.5. The second-order valence-electron chi connectivity index (χ2n) is 7.84. The number of carbonyl (C=O) groups excluding carboxylic acids is 3. The van der Waals surface area contributed by atoms with E-state index in [1.807, 2.05) is 11.4 Å². The molecule has 13 heteroatoms. The van der Waals surface area contributed by atoms with Crippen molar-refractivity contribution in [2.75, 3.05) is 56.2 Å². The van der Waals surface area contributed by atoms with Gasteiger partial charge in [-0.15, -0.1) is 34.0 Å². The predicted molar refractivity (Wildman–Crippen MR) is 140 cm³/mol. The summed E-state index contributed by atoms with van der Waals surface area (Å²) in [7, 11) is 0. The number of esters is 1. The molecule has 10 nitrogen and oxygen atoms in total. The van der Waals surface area contributed by atoms with E-state index in [-0.39, 0.29) is 24.0 Å². The number of aromatic nitrogens is 2. The lowest BCUT2D eigenvalue weighted by atomic mass is 10.3. The van der Waals surface area contributed by atoms with Crippen LogP contribution in [0.1, 0.15) is 39.2 Å². The van der Waals surface area contributed by atoms with E-state index in [4.69, 9.17) is 9.47 Å². The standard InChI is InChI=1S/C23H27N5O5S3/c1-2-33-19(29)13-16-14-35-22(24-16)26-20(30)17-15-36-23(25-17)28(21(31)18-5-3-12-34-18)7-4-6-27-8-10-32-11-9-27/h3,5,12,14-15H,2,4,6-11,13H2,1H3,(H,24,26,30). The third-order valence-electron chi connectivity index (χ3n) is 5.30. The monoisotopic (exact) mass is 549 g/mol. The fourth-order valence-electron chi connectivity index (χ4n) is 3.55. The van der Waals surface area contributed by atoms with Crippen molar-refractivity contribution in [3.05, 3.63) is 44.5 Å². The molecule has 0 radical (unpaired) electrons. The first-order valence-corrected chi connectivity index (χ1v) is 14.2. The minimum Gasteiger partial charge on any atom is -0.466 e. The van der Waals surface area contributed by atoms with E-state index in [9.17, 15) is 14.4 Å². The van der Waals surface area contributed by atoms with Gasteiger partial charge in [-0.3, -0.25) is 29.5 Å². The van der Waals surface area contributed by atoms with Gasteiger partial charge in [-0.05, 0) is 24.8 Å². The third kappa shape index (κ3) is 7.17. The maximum atomic E-state index is 13.2. The zero-order chi connectivity index (χ0) is 25.3. The van der Waals surface area contributed by atoms with Gasteiger partial charge in [0.1, 0.15) is 5.69 Å². The summed E-state index contributed by atoms with van der Waals surface area (Å²) in [6, 6.07) is 3.63. The maximum absolute atomic E-state index is 13.2. The molecular formula is C23H27N5O5S3. The van der Waals surface area contributed by atoms with Crippen molar-refractivity contribution in [2.45, 2.75) is 19.8 Å². The molecule has 0 spiro atoms. The molecular weight excluding hydrogens is 522 g/mol. The number of anilines is 2. The summed E-state index contributed by atoms with van der Waals surface area (Å²) in [5.41, 5.74) is 0.731. The summed E-state index contributed by atoms with van der Waals surface area (Å²) >= 11 is 3.85. The molecule has 1 N–H and O–H groups in total. The SMILES string of the molecule is CCOC(=O)Cc1csc(NC(=O)c2csc(N(CCCN3CCOCC3)C(=O)c3cccs3)n2)n1. The number of rotatable bonds is 11. The Bertz CT molecular complexity index is 1160. The molecule has 1 aliphatic rings. The van der Waals surface area contributed by atoms with Crippen LogP contribution in [0.2, 0.25) is 0 Å². The number of carbonyl (C=O) groups is 3. The van der Waals surface area contributed by atoms with E-state index in [0.717, 1.165) is 39.3 Å². The Hall–Kier alpha value is -2.71. The van der Waals surface area contributed by atoms with E-state index < -0.39 is 5.91 Å². The first kappa shape index (κ1) is 26.4. The molecule has 0 bridgehead atoms. The Morgan fingerprint density at radius 2 is 2.00 bits per heavy atom. The van der Waals surface area contributed by atoms with Crippen molar-refractivity contribution in [1.29, 1.82) is 0 Å². The molecule has 192 valence electrons. The quantitative estimate of drug-likeness (QED) is 0.362. The third-order valence-corrected chi connectivity index (χ3v) is 7.82. The minimum absolute atomic E-state index is 0.0469. The van der Waals surface area contributed by atoms with Crippen molar-refractivity contribution < 1.29 is 23.9 Å². The van der Waals surface area contributed by atoms with Crippen molar-refractivity contribution in [2.24, 2.45) is 0 Å². The van der Waals surface area contributed by atoms with E-state index in [1.54, 1.807) is 28.7 Å². The average molecular weight is 550 g/mol. The number of thiazole rings is 2. The highest BCUT2D eigenvalue weighted by Gasteiger charge is 2.24. The number of amides is 2. The van der Waals surface area contributed by atoms with Gasteiger partial charge in [0.05, 0.1) is 36.8 Å². The normalized spacial score (nSPS) is 13.9. The number of morpholine rings is 1. The fourth-order valence-corrected chi connectivity index (χ4v) is 5.76. The summed E-state index contributed by atoms with van der Waals surface area (Å²) in [4.78, 5) is 51.0. The Morgan fingerprint density at radius 1 is 1.17 bits per heavy atom. The average Bonchev–Trinajstić information content (AvgIpc) is 3.65. The molecule has 2 amide bonds. The van der Waals surface area contributed by atoms with Crippen LogP contribution >= 0.6 is 34.0 Å². The lowest BCUT2D eigenvalue weighted by Gasteiger charge is -2.27. The van der Waals surface area contributed by atoms with Gasteiger partial charge in [0.15, 0.2) is 10.3 Å². The number of nitrogens with one attached hydrogen (secondary N) is 1. The molecule has 3 aromatic rings. The van der Waals surface area contributed by atoms with Crippen molar-refractivity contribution in [1.82, 2.24) is 14.9 Å². The lowest BCUT2D eigenvalue weighted by Crippen LogP contribution is -2.39. The van der Waals surface area contributed by atoms with Crippen LogP contribution in [0.3, 0.4) is 0 Å². The number of thiophene rings is 1. The van der Waals surface area contributed by atoms with E-state index >= 15 is 0 Å². The van der Waals surface area contributed by atoms with E-state index in [0.29, 0.717) is 34.0 Å². The molecule has 1 aliphatic heterocycles. The number of hydrogen-bond donors (Lipinski definition) is 1. The minimum atomic E-state index is -0.425. The molecule has 0 aliphatic carbocycles. The number of nitrogens with zero attached hydrogens (tertiary/aromatic N) is 4. The second-order valence-corrected chi connectivity index (χ2v) is 10.5. The highest BCUT2D eigenvalue weighted by molar-refractivity contribution is 7.15. The van der Waals surface area contributed by atoms with Crippen LogP contribution in [0.4, 0.5) is 10.3 Å². The van der Waals surface area contributed by atoms with Gasteiger partial charge in [0.25, 0.3) is 11.8 Å². The fraction of sp³-hybridized carbons (Fsp3) is 0.435. The summed E-state index contributed by atoms with van der Waals surface area (Å²) in [6.07, 6.45) is 0.825. The van der Waals surface area contributed by atoms with Gasteiger partial charge < -0.3 is 9.47 Å². The smallest absolute Gasteiger partial charge is 0.311 e. The Labute approximate surface area is 220 Å². The summed E-state index contributed by atoms with van der Waals surface area (Å²) in [5.74, 6) is -0.919. The van der Waals surface area contributed by atoms with Crippen LogP contribution in [-0.2, 0) is 20.7 Å². The second kappa shape index (κ2) is 13.0. The number of ether oxygens (including phenoxy) is 2. The molecule has 4 rings (SSSR count). The predicted octanol–water partition coefficient (Wildman–Crippen LogP) is 3.39. The molecule has 0 unspecified atom stereocenters. The van der Waals surface area contributed by atoms with Crippen LogP contribution in [0.5, 0.6) is 0 Å². The summed E-state index contributed by atoms with van der Waals surface area (Å²) < 4.78 is 10.3. The van der Waals surface area contributed by atoms with Crippen molar-refractivity contribution >= 4 is 62.1 Å². The van der Waals surface area contributed by atoms with Gasteiger partial charge in [0.2, 0.25) is 0 Å². The molecule has 4 heterocycles. The van der Waals surface area contributed by atoms with E-state index in [2.05, 4.69) is 20.2 Å². The van der Waals surface area contributed by atoms with Gasteiger partial charge in [-0.2, -0.15) is 0 Å². The Kier molecular flexibility index (Phi) is 9.53. The van der Waals surface area contributed by atoms with Crippen molar-refractivity contribution in [3.63, 3.8) is 0 Å².